The molecule has 27 heavy (non-hydrogen) atoms. The number of amides is 1. The van der Waals surface area contributed by atoms with Crippen molar-refractivity contribution < 1.29 is 23.8 Å². The van der Waals surface area contributed by atoms with E-state index in [9.17, 15) is 9.59 Å². The van der Waals surface area contributed by atoms with Gasteiger partial charge in [-0.2, -0.15) is 0 Å². The number of benzene rings is 2. The summed E-state index contributed by atoms with van der Waals surface area (Å²) >= 11 is 0. The van der Waals surface area contributed by atoms with Crippen molar-refractivity contribution in [3.05, 3.63) is 53.6 Å². The molecular weight excluding hydrogens is 346 g/mol. The Morgan fingerprint density at radius 3 is 2.67 bits per heavy atom. The van der Waals surface area contributed by atoms with Gasteiger partial charge in [-0.15, -0.1) is 0 Å². The molecule has 1 aliphatic heterocycles. The van der Waals surface area contributed by atoms with E-state index in [0.717, 1.165) is 17.7 Å². The van der Waals surface area contributed by atoms with Gasteiger partial charge in [-0.1, -0.05) is 18.2 Å². The van der Waals surface area contributed by atoms with Crippen molar-refractivity contribution in [3.63, 3.8) is 0 Å². The van der Waals surface area contributed by atoms with E-state index in [1.807, 2.05) is 31.2 Å². The molecule has 0 radical (unpaired) electrons. The molecule has 0 spiro atoms. The summed E-state index contributed by atoms with van der Waals surface area (Å²) in [5, 5.41) is 0. The first kappa shape index (κ1) is 18.8. The number of methoxy groups -OCH3 is 1. The molecule has 3 rings (SSSR count). The number of hydrogen-bond donors (Lipinski definition) is 0. The van der Waals surface area contributed by atoms with Crippen LogP contribution in [0.1, 0.15) is 29.8 Å². The fraction of sp³-hybridized carbons (Fsp3) is 0.333. The molecule has 1 aliphatic rings. The lowest BCUT2D eigenvalue weighted by Gasteiger charge is -2.21. The molecule has 6 nitrogen and oxygen atoms in total. The minimum absolute atomic E-state index is 0.230. The van der Waals surface area contributed by atoms with Gasteiger partial charge in [0, 0.05) is 12.2 Å². The second-order valence-corrected chi connectivity index (χ2v) is 6.21. The maximum Gasteiger partial charge on any atom is 0.339 e. The summed E-state index contributed by atoms with van der Waals surface area (Å²) in [6.45, 7) is 4.54. The van der Waals surface area contributed by atoms with E-state index in [1.54, 1.807) is 30.0 Å². The molecule has 0 saturated heterocycles. The zero-order valence-electron chi connectivity index (χ0n) is 15.7. The number of anilines is 1. The maximum atomic E-state index is 12.7. The number of hydrogen-bond acceptors (Lipinski definition) is 5. The molecule has 1 heterocycles. The second-order valence-electron chi connectivity index (χ2n) is 6.21. The third-order valence-corrected chi connectivity index (χ3v) is 4.48. The molecule has 0 unspecified atom stereocenters. The first-order valence-corrected chi connectivity index (χ1v) is 8.96. The van der Waals surface area contributed by atoms with Gasteiger partial charge < -0.3 is 19.1 Å². The Hall–Kier alpha value is -3.02. The number of rotatable bonds is 6. The Labute approximate surface area is 158 Å². The molecule has 1 amide bonds. The van der Waals surface area contributed by atoms with E-state index in [4.69, 9.17) is 14.2 Å². The Balaban J connectivity index is 1.70. The Kier molecular flexibility index (Phi) is 5.64. The summed E-state index contributed by atoms with van der Waals surface area (Å²) in [4.78, 5) is 26.9. The van der Waals surface area contributed by atoms with Gasteiger partial charge in [0.15, 0.2) is 17.6 Å². The van der Waals surface area contributed by atoms with Crippen LogP contribution in [0, 0.1) is 0 Å². The highest BCUT2D eigenvalue weighted by atomic mass is 16.5. The van der Waals surface area contributed by atoms with Crippen molar-refractivity contribution >= 4 is 17.6 Å². The summed E-state index contributed by atoms with van der Waals surface area (Å²) in [5.41, 5.74) is 2.31. The summed E-state index contributed by atoms with van der Waals surface area (Å²) in [7, 11) is 1.50. The van der Waals surface area contributed by atoms with Gasteiger partial charge in [0.05, 0.1) is 19.3 Å². The van der Waals surface area contributed by atoms with Crippen LogP contribution in [0.25, 0.3) is 0 Å². The van der Waals surface area contributed by atoms with Gasteiger partial charge in [0.1, 0.15) is 0 Å². The van der Waals surface area contributed by atoms with Gasteiger partial charge in [-0.3, -0.25) is 4.79 Å². The van der Waals surface area contributed by atoms with Gasteiger partial charge >= 0.3 is 5.97 Å². The minimum atomic E-state index is -0.888. The van der Waals surface area contributed by atoms with Crippen molar-refractivity contribution in [2.45, 2.75) is 26.4 Å². The Morgan fingerprint density at radius 2 is 1.93 bits per heavy atom. The van der Waals surface area contributed by atoms with Crippen LogP contribution in [0.4, 0.5) is 5.69 Å². The van der Waals surface area contributed by atoms with Gasteiger partial charge in [-0.25, -0.2) is 4.79 Å². The molecule has 0 bridgehead atoms. The standard InChI is InChI=1S/C21H23NO5/c1-4-26-18-10-9-16(13-19(18)25-3)21(24)27-14(2)20(23)22-12-11-15-7-5-6-8-17(15)22/h5-10,13-14H,4,11-12H2,1-3H3/t14-/m0/s1. The van der Waals surface area contributed by atoms with Gasteiger partial charge in [0.2, 0.25) is 0 Å². The molecule has 0 aromatic heterocycles. The van der Waals surface area contributed by atoms with E-state index in [-0.39, 0.29) is 5.91 Å². The first-order valence-electron chi connectivity index (χ1n) is 8.96. The SMILES string of the molecule is CCOc1ccc(C(=O)O[C@@H](C)C(=O)N2CCc3ccccc32)cc1OC. The number of carbonyl (C=O) groups is 2. The average Bonchev–Trinajstić information content (AvgIpc) is 3.11. The Bertz CT molecular complexity index is 848. The van der Waals surface area contributed by atoms with E-state index >= 15 is 0 Å². The number of carbonyl (C=O) groups excluding carboxylic acids is 2. The van der Waals surface area contributed by atoms with Gasteiger partial charge in [0.25, 0.3) is 5.91 Å². The van der Waals surface area contributed by atoms with Gasteiger partial charge in [-0.05, 0) is 50.1 Å². The monoisotopic (exact) mass is 369 g/mol. The summed E-state index contributed by atoms with van der Waals surface area (Å²) in [6.07, 6.45) is -0.0835. The first-order chi connectivity index (χ1) is 13.0. The molecule has 2 aromatic rings. The normalized spacial score (nSPS) is 13.7. The van der Waals surface area contributed by atoms with Crippen molar-refractivity contribution in [3.8, 4) is 11.5 Å². The quantitative estimate of drug-likeness (QED) is 0.732. The lowest BCUT2D eigenvalue weighted by Crippen LogP contribution is -2.39. The highest BCUT2D eigenvalue weighted by molar-refractivity contribution is 6.00. The summed E-state index contributed by atoms with van der Waals surface area (Å²) in [6, 6.07) is 12.6. The van der Waals surface area contributed by atoms with Crippen LogP contribution >= 0.6 is 0 Å². The average molecular weight is 369 g/mol. The highest BCUT2D eigenvalue weighted by Crippen LogP contribution is 2.30. The van der Waals surface area contributed by atoms with Crippen LogP contribution < -0.4 is 14.4 Å². The third-order valence-electron chi connectivity index (χ3n) is 4.48. The molecular formula is C21H23NO5. The minimum Gasteiger partial charge on any atom is -0.493 e. The number of nitrogens with zero attached hydrogens (tertiary/aromatic N) is 1. The Morgan fingerprint density at radius 1 is 1.15 bits per heavy atom. The van der Waals surface area contributed by atoms with Crippen LogP contribution in [0.15, 0.2) is 42.5 Å². The van der Waals surface area contributed by atoms with Crippen LogP contribution in [0.5, 0.6) is 11.5 Å². The zero-order valence-corrected chi connectivity index (χ0v) is 15.7. The lowest BCUT2D eigenvalue weighted by molar-refractivity contribution is -0.126. The molecule has 0 N–H and O–H groups in total. The maximum absolute atomic E-state index is 12.7. The van der Waals surface area contributed by atoms with E-state index in [2.05, 4.69) is 0 Å². The topological polar surface area (TPSA) is 65.1 Å². The van der Waals surface area contributed by atoms with E-state index in [0.29, 0.717) is 30.2 Å². The second kappa shape index (κ2) is 8.12. The molecule has 2 aromatic carbocycles. The fourth-order valence-electron chi connectivity index (χ4n) is 3.13. The fourth-order valence-corrected chi connectivity index (χ4v) is 3.13. The van der Waals surface area contributed by atoms with Crippen molar-refractivity contribution in [2.75, 3.05) is 25.2 Å². The molecule has 0 saturated carbocycles. The molecule has 1 atom stereocenters. The largest absolute Gasteiger partial charge is 0.493 e. The molecule has 0 fully saturated rings. The van der Waals surface area contributed by atoms with Crippen LogP contribution in [0.2, 0.25) is 0 Å². The van der Waals surface area contributed by atoms with Crippen molar-refractivity contribution in [2.24, 2.45) is 0 Å². The number of fused-ring (bicyclic) bond motifs is 1. The number of para-hydroxylation sites is 1. The van der Waals surface area contributed by atoms with Crippen molar-refractivity contribution in [1.29, 1.82) is 0 Å². The molecule has 6 heteroatoms. The summed E-state index contributed by atoms with van der Waals surface area (Å²) in [5.74, 6) is 0.184. The van der Waals surface area contributed by atoms with Crippen LogP contribution in [0.3, 0.4) is 0 Å². The van der Waals surface area contributed by atoms with Crippen LogP contribution in [-0.2, 0) is 16.0 Å². The van der Waals surface area contributed by atoms with E-state index in [1.165, 1.54) is 7.11 Å². The predicted octanol–water partition coefficient (Wildman–Crippen LogP) is 3.23. The lowest BCUT2D eigenvalue weighted by atomic mass is 10.2. The zero-order chi connectivity index (χ0) is 19.4. The van der Waals surface area contributed by atoms with Crippen LogP contribution in [-0.4, -0.2) is 38.2 Å². The molecule has 142 valence electrons. The predicted molar refractivity (Wildman–Crippen MR) is 102 cm³/mol. The third kappa shape index (κ3) is 3.89. The highest BCUT2D eigenvalue weighted by Gasteiger charge is 2.30. The summed E-state index contributed by atoms with van der Waals surface area (Å²) < 4.78 is 16.1. The van der Waals surface area contributed by atoms with E-state index < -0.39 is 12.1 Å². The van der Waals surface area contributed by atoms with Crippen molar-refractivity contribution in [1.82, 2.24) is 0 Å². The molecule has 0 aliphatic carbocycles. The smallest absolute Gasteiger partial charge is 0.339 e. The number of ether oxygens (including phenoxy) is 3. The number of esters is 1.